The van der Waals surface area contributed by atoms with Gasteiger partial charge in [-0.1, -0.05) is 6.07 Å². The molecule has 1 aromatic rings. The van der Waals surface area contributed by atoms with Gasteiger partial charge in [0.1, 0.15) is 11.4 Å². The van der Waals surface area contributed by atoms with Crippen LogP contribution in [-0.2, 0) is 4.74 Å². The number of nitrogens with zero attached hydrogens (tertiary/aromatic N) is 1. The highest BCUT2D eigenvalue weighted by atomic mass is 16.6. The maximum atomic E-state index is 11.8. The van der Waals surface area contributed by atoms with E-state index in [2.05, 4.69) is 21.7 Å². The number of anilines is 1. The van der Waals surface area contributed by atoms with Gasteiger partial charge in [-0.05, 0) is 65.0 Å². The lowest BCUT2D eigenvalue weighted by Gasteiger charge is -2.30. The first-order chi connectivity index (χ1) is 10.3. The molecule has 1 saturated carbocycles. The molecule has 0 aliphatic heterocycles. The molecule has 0 bridgehead atoms. The number of rotatable bonds is 3. The number of hydrogen-bond donors (Lipinski definition) is 2. The van der Waals surface area contributed by atoms with Crippen molar-refractivity contribution in [3.05, 3.63) is 23.9 Å². The molecule has 1 heterocycles. The summed E-state index contributed by atoms with van der Waals surface area (Å²) in [5.41, 5.74) is 0.718. The number of nitrogens with one attached hydrogen (secondary N) is 2. The van der Waals surface area contributed by atoms with Crippen molar-refractivity contribution in [3.8, 4) is 0 Å². The molecule has 22 heavy (non-hydrogen) atoms. The number of ether oxygens (including phenoxy) is 1. The van der Waals surface area contributed by atoms with Crippen molar-refractivity contribution in [2.75, 3.05) is 5.32 Å². The van der Waals surface area contributed by atoms with Gasteiger partial charge in [0.05, 0.1) is 0 Å². The zero-order chi connectivity index (χ0) is 16.2. The minimum atomic E-state index is -0.444. The summed E-state index contributed by atoms with van der Waals surface area (Å²) in [5, 5.41) is 6.43. The fourth-order valence-electron chi connectivity index (χ4n) is 2.62. The van der Waals surface area contributed by atoms with E-state index in [0.717, 1.165) is 37.1 Å². The van der Waals surface area contributed by atoms with E-state index in [4.69, 9.17) is 4.74 Å². The molecule has 0 atom stereocenters. The average Bonchev–Trinajstić information content (AvgIpc) is 2.41. The molecule has 2 N–H and O–H groups in total. The van der Waals surface area contributed by atoms with E-state index in [1.54, 1.807) is 0 Å². The Balaban J connectivity index is 1.73. The Labute approximate surface area is 132 Å². The number of aryl methyl sites for hydroxylation is 1. The van der Waals surface area contributed by atoms with Crippen LogP contribution in [0.1, 0.15) is 52.0 Å². The highest BCUT2D eigenvalue weighted by Gasteiger charge is 2.24. The molecule has 1 aliphatic carbocycles. The lowest BCUT2D eigenvalue weighted by atomic mass is 9.91. The minimum absolute atomic E-state index is 0.207. The van der Waals surface area contributed by atoms with Crippen LogP contribution in [0.25, 0.3) is 0 Å². The van der Waals surface area contributed by atoms with Crippen molar-refractivity contribution < 1.29 is 9.53 Å². The largest absolute Gasteiger partial charge is 0.444 e. The van der Waals surface area contributed by atoms with Crippen LogP contribution in [0.5, 0.6) is 0 Å². The fourth-order valence-corrected chi connectivity index (χ4v) is 2.62. The molecule has 1 fully saturated rings. The summed E-state index contributed by atoms with van der Waals surface area (Å²) in [6, 6.07) is 4.71. The predicted molar refractivity (Wildman–Crippen MR) is 88.0 cm³/mol. The number of amides is 1. The SMILES string of the molecule is Cc1ccc(NC2CCC(NC(=O)OC(C)(C)C)CC2)nc1. The van der Waals surface area contributed by atoms with E-state index in [0.29, 0.717) is 6.04 Å². The Morgan fingerprint density at radius 1 is 1.18 bits per heavy atom. The molecule has 1 amide bonds. The van der Waals surface area contributed by atoms with Crippen LogP contribution in [0.2, 0.25) is 0 Å². The molecule has 2 rings (SSSR count). The van der Waals surface area contributed by atoms with E-state index in [1.807, 2.05) is 40.0 Å². The Morgan fingerprint density at radius 3 is 2.36 bits per heavy atom. The van der Waals surface area contributed by atoms with Crippen LogP contribution in [0.4, 0.5) is 10.6 Å². The van der Waals surface area contributed by atoms with Gasteiger partial charge in [0, 0.05) is 18.3 Å². The lowest BCUT2D eigenvalue weighted by Crippen LogP contribution is -2.42. The molecule has 0 aromatic carbocycles. The van der Waals surface area contributed by atoms with Gasteiger partial charge in [-0.15, -0.1) is 0 Å². The molecule has 1 aromatic heterocycles. The number of pyridine rings is 1. The first kappa shape index (κ1) is 16.6. The van der Waals surface area contributed by atoms with Gasteiger partial charge in [-0.2, -0.15) is 0 Å². The van der Waals surface area contributed by atoms with Crippen molar-refractivity contribution in [1.29, 1.82) is 0 Å². The molecule has 1 aliphatic rings. The summed E-state index contributed by atoms with van der Waals surface area (Å²) in [4.78, 5) is 16.2. The Kier molecular flexibility index (Phi) is 5.27. The first-order valence-electron chi connectivity index (χ1n) is 8.00. The van der Waals surface area contributed by atoms with Crippen molar-refractivity contribution in [3.63, 3.8) is 0 Å². The molecule has 122 valence electrons. The van der Waals surface area contributed by atoms with E-state index in [1.165, 1.54) is 0 Å². The van der Waals surface area contributed by atoms with Gasteiger partial charge in [-0.3, -0.25) is 0 Å². The van der Waals surface area contributed by atoms with Crippen LogP contribution < -0.4 is 10.6 Å². The summed E-state index contributed by atoms with van der Waals surface area (Å²) in [5.74, 6) is 0.925. The maximum Gasteiger partial charge on any atom is 0.407 e. The van der Waals surface area contributed by atoms with Gasteiger partial charge < -0.3 is 15.4 Å². The van der Waals surface area contributed by atoms with Crippen molar-refractivity contribution in [2.45, 2.75) is 71.1 Å². The molecule has 0 unspecified atom stereocenters. The van der Waals surface area contributed by atoms with Gasteiger partial charge in [0.25, 0.3) is 0 Å². The van der Waals surface area contributed by atoms with Crippen LogP contribution in [-0.4, -0.2) is 28.8 Å². The molecular weight excluding hydrogens is 278 g/mol. The molecule has 0 radical (unpaired) electrons. The van der Waals surface area contributed by atoms with E-state index < -0.39 is 5.60 Å². The fraction of sp³-hybridized carbons (Fsp3) is 0.647. The van der Waals surface area contributed by atoms with Crippen LogP contribution in [0.3, 0.4) is 0 Å². The summed E-state index contributed by atoms with van der Waals surface area (Å²) in [7, 11) is 0. The summed E-state index contributed by atoms with van der Waals surface area (Å²) < 4.78 is 5.30. The van der Waals surface area contributed by atoms with Gasteiger partial charge in [0.15, 0.2) is 0 Å². The van der Waals surface area contributed by atoms with Gasteiger partial charge in [-0.25, -0.2) is 9.78 Å². The third-order valence-electron chi connectivity index (χ3n) is 3.71. The monoisotopic (exact) mass is 305 g/mol. The predicted octanol–water partition coefficient (Wildman–Crippen LogP) is 3.64. The van der Waals surface area contributed by atoms with E-state index in [9.17, 15) is 4.79 Å². The minimum Gasteiger partial charge on any atom is -0.444 e. The highest BCUT2D eigenvalue weighted by Crippen LogP contribution is 2.22. The first-order valence-corrected chi connectivity index (χ1v) is 8.00. The number of hydrogen-bond acceptors (Lipinski definition) is 4. The summed E-state index contributed by atoms with van der Waals surface area (Å²) in [6.45, 7) is 7.66. The highest BCUT2D eigenvalue weighted by molar-refractivity contribution is 5.68. The molecule has 0 saturated heterocycles. The third kappa shape index (κ3) is 5.54. The topological polar surface area (TPSA) is 63.2 Å². The van der Waals surface area contributed by atoms with Crippen LogP contribution in [0, 0.1) is 6.92 Å². The number of carbonyl (C=O) groups excluding carboxylic acids is 1. The standard InChI is InChI=1S/C17H27N3O2/c1-12-5-10-15(18-11-12)19-13-6-8-14(9-7-13)20-16(21)22-17(2,3)4/h5,10-11,13-14H,6-9H2,1-4H3,(H,18,19)(H,20,21). The summed E-state index contributed by atoms with van der Waals surface area (Å²) >= 11 is 0. The maximum absolute atomic E-state index is 11.8. The molecule has 5 heteroatoms. The van der Waals surface area contributed by atoms with E-state index >= 15 is 0 Å². The Bertz CT molecular complexity index is 486. The van der Waals surface area contributed by atoms with Crippen LogP contribution in [0.15, 0.2) is 18.3 Å². The average molecular weight is 305 g/mol. The van der Waals surface area contributed by atoms with Crippen molar-refractivity contribution >= 4 is 11.9 Å². The lowest BCUT2D eigenvalue weighted by molar-refractivity contribution is 0.0492. The number of carbonyl (C=O) groups is 1. The summed E-state index contributed by atoms with van der Waals surface area (Å²) in [6.07, 6.45) is 5.53. The van der Waals surface area contributed by atoms with Crippen molar-refractivity contribution in [1.82, 2.24) is 10.3 Å². The Hall–Kier alpha value is -1.78. The normalized spacial score (nSPS) is 22.0. The van der Waals surface area contributed by atoms with Gasteiger partial charge >= 0.3 is 6.09 Å². The second-order valence-corrected chi connectivity index (χ2v) is 7.06. The third-order valence-corrected chi connectivity index (χ3v) is 3.71. The van der Waals surface area contributed by atoms with Crippen molar-refractivity contribution in [2.24, 2.45) is 0 Å². The zero-order valence-electron chi connectivity index (χ0n) is 14.0. The van der Waals surface area contributed by atoms with E-state index in [-0.39, 0.29) is 12.1 Å². The zero-order valence-corrected chi connectivity index (χ0v) is 14.0. The van der Waals surface area contributed by atoms with Crippen LogP contribution >= 0.6 is 0 Å². The second-order valence-electron chi connectivity index (χ2n) is 7.06. The van der Waals surface area contributed by atoms with Gasteiger partial charge in [0.2, 0.25) is 0 Å². The quantitative estimate of drug-likeness (QED) is 0.895. The Morgan fingerprint density at radius 2 is 1.82 bits per heavy atom. The number of alkyl carbamates (subject to hydrolysis) is 1. The molecular formula is C17H27N3O2. The molecule has 5 nitrogen and oxygen atoms in total. The number of aromatic nitrogens is 1. The second kappa shape index (κ2) is 6.99. The molecule has 0 spiro atoms. The smallest absolute Gasteiger partial charge is 0.407 e.